The molecule has 0 spiro atoms. The van der Waals surface area contributed by atoms with Crippen molar-refractivity contribution < 1.29 is 41.0 Å². The second kappa shape index (κ2) is 11.5. The van der Waals surface area contributed by atoms with Crippen LogP contribution in [0.1, 0.15) is 53.6 Å². The maximum absolute atomic E-state index is 13.9. The molecule has 1 atom stereocenters. The number of halogens is 6. The van der Waals surface area contributed by atoms with Gasteiger partial charge in [-0.05, 0) is 44.0 Å². The van der Waals surface area contributed by atoms with E-state index >= 15 is 0 Å². The van der Waals surface area contributed by atoms with E-state index in [4.69, 9.17) is 5.11 Å². The Bertz CT molecular complexity index is 1240. The van der Waals surface area contributed by atoms with Crippen molar-refractivity contribution in [3.63, 3.8) is 0 Å². The zero-order valence-corrected chi connectivity index (χ0v) is 20.3. The van der Waals surface area contributed by atoms with Gasteiger partial charge in [0.1, 0.15) is 0 Å². The number of alkyl halides is 6. The van der Waals surface area contributed by atoms with Gasteiger partial charge in [-0.25, -0.2) is 4.79 Å². The van der Waals surface area contributed by atoms with Crippen LogP contribution < -0.4 is 5.32 Å². The Morgan fingerprint density at radius 2 is 1.68 bits per heavy atom. The van der Waals surface area contributed by atoms with Crippen molar-refractivity contribution in [1.82, 2.24) is 15.1 Å². The van der Waals surface area contributed by atoms with Crippen LogP contribution in [0.4, 0.5) is 26.3 Å². The monoisotopic (exact) mass is 529 g/mol. The van der Waals surface area contributed by atoms with Crippen molar-refractivity contribution in [3.05, 3.63) is 87.8 Å². The number of nitrogens with one attached hydrogen (secondary N) is 1. The molecule has 0 aliphatic rings. The van der Waals surface area contributed by atoms with Crippen molar-refractivity contribution >= 4 is 11.9 Å². The molecule has 1 aromatic carbocycles. The number of allylic oxidation sites excluding steroid dienone is 3. The third-order valence-corrected chi connectivity index (χ3v) is 5.34. The van der Waals surface area contributed by atoms with Crippen molar-refractivity contribution in [2.45, 2.75) is 45.6 Å². The fourth-order valence-electron chi connectivity index (χ4n) is 3.45. The molecule has 1 unspecified atom stereocenters. The molecule has 0 bridgehead atoms. The highest BCUT2D eigenvalue weighted by Gasteiger charge is 2.41. The average molecular weight is 529 g/mol. The Morgan fingerprint density at radius 1 is 1.08 bits per heavy atom. The number of rotatable bonds is 8. The zero-order valence-electron chi connectivity index (χ0n) is 20.3. The number of aryl methyl sites for hydroxylation is 1. The molecule has 1 aromatic heterocycles. The first-order valence-corrected chi connectivity index (χ1v) is 10.9. The predicted molar refractivity (Wildman–Crippen MR) is 124 cm³/mol. The number of hydrogen-bond acceptors (Lipinski definition) is 3. The highest BCUT2D eigenvalue weighted by molar-refractivity contribution is 5.97. The van der Waals surface area contributed by atoms with Crippen LogP contribution in [0, 0.1) is 0 Å². The molecular weight excluding hydrogens is 504 g/mol. The number of aliphatic carboxylic acids is 1. The van der Waals surface area contributed by atoms with E-state index in [-0.39, 0.29) is 23.3 Å². The molecule has 0 radical (unpaired) electrons. The number of amides is 1. The topological polar surface area (TPSA) is 84.2 Å². The van der Waals surface area contributed by atoms with E-state index < -0.39 is 47.1 Å². The van der Waals surface area contributed by atoms with Crippen LogP contribution in [0.3, 0.4) is 0 Å². The van der Waals surface area contributed by atoms with Gasteiger partial charge in [0.25, 0.3) is 5.91 Å². The van der Waals surface area contributed by atoms with Gasteiger partial charge in [-0.2, -0.15) is 31.4 Å². The van der Waals surface area contributed by atoms with Gasteiger partial charge in [-0.1, -0.05) is 36.4 Å². The predicted octanol–water partition coefficient (Wildman–Crippen LogP) is 5.70. The number of carboxylic acid groups (broad SMARTS) is 1. The molecule has 2 N–H and O–H groups in total. The number of carboxylic acids is 1. The molecule has 6 nitrogen and oxygen atoms in total. The van der Waals surface area contributed by atoms with E-state index in [0.29, 0.717) is 10.3 Å². The van der Waals surface area contributed by atoms with Crippen LogP contribution in [-0.4, -0.2) is 32.8 Å². The van der Waals surface area contributed by atoms with Crippen LogP contribution in [0.5, 0.6) is 0 Å². The third-order valence-electron chi connectivity index (χ3n) is 5.34. The number of carbonyl (C=O) groups excluding carboxylic acids is 1. The van der Waals surface area contributed by atoms with Crippen molar-refractivity contribution in [3.8, 4) is 0 Å². The summed E-state index contributed by atoms with van der Waals surface area (Å²) < 4.78 is 80.6. The summed E-state index contributed by atoms with van der Waals surface area (Å²) >= 11 is 0. The van der Waals surface area contributed by atoms with E-state index in [9.17, 15) is 35.9 Å². The lowest BCUT2D eigenvalue weighted by atomic mass is 10.0. The zero-order chi connectivity index (χ0) is 28.1. The maximum atomic E-state index is 13.9. The van der Waals surface area contributed by atoms with Crippen molar-refractivity contribution in [1.29, 1.82) is 0 Å². The summed E-state index contributed by atoms with van der Waals surface area (Å²) in [6, 6.07) is 2.98. The van der Waals surface area contributed by atoms with Gasteiger partial charge >= 0.3 is 18.3 Å². The Kier molecular flexibility index (Phi) is 9.13. The molecule has 2 aromatic rings. The fraction of sp³-hybridized carbons (Fsp3) is 0.320. The first-order valence-electron chi connectivity index (χ1n) is 10.9. The highest BCUT2D eigenvalue weighted by Crippen LogP contribution is 2.34. The molecule has 2 rings (SSSR count). The van der Waals surface area contributed by atoms with Gasteiger partial charge in [0.15, 0.2) is 5.69 Å². The number of aromatic nitrogens is 2. The van der Waals surface area contributed by atoms with E-state index in [2.05, 4.69) is 10.4 Å². The normalized spacial score (nSPS) is 14.2. The molecule has 12 heteroatoms. The van der Waals surface area contributed by atoms with Gasteiger partial charge < -0.3 is 10.4 Å². The Hall–Kier alpha value is -3.83. The first-order chi connectivity index (χ1) is 17.1. The highest BCUT2D eigenvalue weighted by atomic mass is 19.4. The summed E-state index contributed by atoms with van der Waals surface area (Å²) in [5.74, 6) is -2.25. The van der Waals surface area contributed by atoms with Crippen LogP contribution in [0.25, 0.3) is 0 Å². The van der Waals surface area contributed by atoms with Gasteiger partial charge in [-0.3, -0.25) is 9.48 Å². The summed E-state index contributed by atoms with van der Waals surface area (Å²) in [4.78, 5) is 24.1. The number of carbonyl (C=O) groups is 2. The average Bonchev–Trinajstić information content (AvgIpc) is 3.11. The standard InChI is InChI=1S/C25H25F6N3O3/c1-5-6-17(10-7-14(2)23(36)37)15(3)32-22(35)20-19(33-34(4)21(20)25(29,30)31)13-16-8-11-18(12-9-16)24(26,27)28/h5-12,15H,13H2,1-4H3,(H,32,35)(H,36,37)/b6-5+,14-7+,17-10+. The van der Waals surface area contributed by atoms with E-state index in [0.717, 1.165) is 31.3 Å². The molecule has 0 aliphatic carbocycles. The van der Waals surface area contributed by atoms with Gasteiger partial charge in [0, 0.05) is 19.0 Å². The van der Waals surface area contributed by atoms with E-state index in [1.807, 2.05) is 0 Å². The quantitative estimate of drug-likeness (QED) is 0.261. The van der Waals surface area contributed by atoms with Crippen molar-refractivity contribution in [2.75, 3.05) is 0 Å². The first kappa shape index (κ1) is 29.4. The largest absolute Gasteiger partial charge is 0.478 e. The minimum atomic E-state index is -4.95. The second-order valence-electron chi connectivity index (χ2n) is 8.18. The minimum absolute atomic E-state index is 0.00553. The van der Waals surface area contributed by atoms with E-state index in [1.54, 1.807) is 19.1 Å². The fourth-order valence-corrected chi connectivity index (χ4v) is 3.45. The van der Waals surface area contributed by atoms with Crippen LogP contribution >= 0.6 is 0 Å². The maximum Gasteiger partial charge on any atom is 0.433 e. The molecule has 1 heterocycles. The Balaban J connectivity index is 2.47. The molecule has 0 fully saturated rings. The van der Waals surface area contributed by atoms with Gasteiger partial charge in [-0.15, -0.1) is 0 Å². The summed E-state index contributed by atoms with van der Waals surface area (Å²) in [6.45, 7) is 4.53. The SMILES string of the molecule is C/C=C/C(=C\C=C(/C)C(=O)O)C(C)NC(=O)c1c(Cc2ccc(C(F)(F)F)cc2)nn(C)c1C(F)(F)F. The molecule has 200 valence electrons. The lowest BCUT2D eigenvalue weighted by Crippen LogP contribution is -2.35. The van der Waals surface area contributed by atoms with Gasteiger partial charge in [0.2, 0.25) is 0 Å². The molecule has 1 amide bonds. The van der Waals surface area contributed by atoms with E-state index in [1.165, 1.54) is 26.0 Å². The molecule has 0 aliphatic heterocycles. The molecule has 37 heavy (non-hydrogen) atoms. The lowest BCUT2D eigenvalue weighted by molar-refractivity contribution is -0.144. The Labute approximate surface area is 209 Å². The van der Waals surface area contributed by atoms with Crippen LogP contribution in [-0.2, 0) is 30.6 Å². The second-order valence-corrected chi connectivity index (χ2v) is 8.18. The lowest BCUT2D eigenvalue weighted by Gasteiger charge is -2.17. The summed E-state index contributed by atoms with van der Waals surface area (Å²) in [6.07, 6.45) is -3.96. The number of benzene rings is 1. The number of nitrogens with zero attached hydrogens (tertiary/aromatic N) is 2. The smallest absolute Gasteiger partial charge is 0.433 e. The molecule has 0 saturated heterocycles. The van der Waals surface area contributed by atoms with Crippen molar-refractivity contribution in [2.24, 2.45) is 7.05 Å². The third kappa shape index (κ3) is 7.58. The molecule has 0 saturated carbocycles. The molecular formula is C25H25F6N3O3. The minimum Gasteiger partial charge on any atom is -0.478 e. The number of hydrogen-bond donors (Lipinski definition) is 2. The van der Waals surface area contributed by atoms with Crippen LogP contribution in [0.15, 0.2) is 59.7 Å². The summed E-state index contributed by atoms with van der Waals surface area (Å²) in [7, 11) is 1.02. The van der Waals surface area contributed by atoms with Crippen LogP contribution in [0.2, 0.25) is 0 Å². The summed E-state index contributed by atoms with van der Waals surface area (Å²) in [5, 5.41) is 15.3. The van der Waals surface area contributed by atoms with Gasteiger partial charge in [0.05, 0.1) is 22.9 Å². The summed E-state index contributed by atoms with van der Waals surface area (Å²) in [5.41, 5.74) is -2.60. The Morgan fingerprint density at radius 3 is 2.16 bits per heavy atom.